The van der Waals surface area contributed by atoms with E-state index in [2.05, 4.69) is 21.9 Å². The molecule has 24 heavy (non-hydrogen) atoms. The van der Waals surface area contributed by atoms with E-state index in [-0.39, 0.29) is 5.82 Å². The van der Waals surface area contributed by atoms with E-state index in [4.69, 9.17) is 5.73 Å². The number of hydrogen-bond donors (Lipinski definition) is 1. The molecule has 0 radical (unpaired) electrons. The lowest BCUT2D eigenvalue weighted by Gasteiger charge is -2.30. The summed E-state index contributed by atoms with van der Waals surface area (Å²) in [6.07, 6.45) is 5.88. The van der Waals surface area contributed by atoms with Gasteiger partial charge in [-0.25, -0.2) is 14.1 Å². The van der Waals surface area contributed by atoms with Crippen LogP contribution in [0.2, 0.25) is 0 Å². The molecule has 2 N–H and O–H groups in total. The van der Waals surface area contributed by atoms with Crippen LogP contribution in [-0.4, -0.2) is 33.9 Å². The molecule has 0 atom stereocenters. The molecule has 1 aromatic heterocycles. The number of imidazole rings is 1. The van der Waals surface area contributed by atoms with Gasteiger partial charge in [0, 0.05) is 6.54 Å². The highest BCUT2D eigenvalue weighted by Gasteiger charge is 2.17. The standard InChI is InChI=1S/C18H24FN5/c1-13-5-7-23(8-6-13)12-16-9-17(19)4-3-15(16)10-21-24-11-14(2)22-18(24)20/h3-4,9-11,13H,5-8,12H2,1-2H3,(H2,20,22). The van der Waals surface area contributed by atoms with Crippen LogP contribution in [0.4, 0.5) is 10.3 Å². The van der Waals surface area contributed by atoms with Gasteiger partial charge in [-0.05, 0) is 62.0 Å². The Bertz CT molecular complexity index is 729. The van der Waals surface area contributed by atoms with Crippen LogP contribution >= 0.6 is 0 Å². The van der Waals surface area contributed by atoms with Gasteiger partial charge >= 0.3 is 0 Å². The smallest absolute Gasteiger partial charge is 0.221 e. The van der Waals surface area contributed by atoms with E-state index in [1.54, 1.807) is 24.5 Å². The Morgan fingerprint density at radius 3 is 2.79 bits per heavy atom. The zero-order chi connectivity index (χ0) is 17.1. The summed E-state index contributed by atoms with van der Waals surface area (Å²) < 4.78 is 15.2. The predicted molar refractivity (Wildman–Crippen MR) is 94.4 cm³/mol. The molecule has 2 aromatic rings. The number of aryl methyl sites for hydroxylation is 1. The van der Waals surface area contributed by atoms with E-state index < -0.39 is 0 Å². The molecule has 5 nitrogen and oxygen atoms in total. The van der Waals surface area contributed by atoms with Crippen molar-refractivity contribution in [3.05, 3.63) is 47.0 Å². The zero-order valence-corrected chi connectivity index (χ0v) is 14.2. The fourth-order valence-electron chi connectivity index (χ4n) is 3.02. The van der Waals surface area contributed by atoms with Crippen LogP contribution in [0.3, 0.4) is 0 Å². The van der Waals surface area contributed by atoms with Crippen molar-refractivity contribution in [2.45, 2.75) is 33.2 Å². The van der Waals surface area contributed by atoms with Crippen molar-refractivity contribution < 1.29 is 4.39 Å². The van der Waals surface area contributed by atoms with Gasteiger partial charge in [-0.1, -0.05) is 13.0 Å². The van der Waals surface area contributed by atoms with Gasteiger partial charge in [0.05, 0.1) is 18.1 Å². The Labute approximate surface area is 142 Å². The number of nitrogens with two attached hydrogens (primary N) is 1. The van der Waals surface area contributed by atoms with Crippen LogP contribution in [0.1, 0.15) is 36.6 Å². The molecule has 1 aromatic carbocycles. The molecule has 1 aliphatic rings. The average molecular weight is 329 g/mol. The molecular formula is C18H24FN5. The van der Waals surface area contributed by atoms with E-state index in [1.165, 1.54) is 23.6 Å². The van der Waals surface area contributed by atoms with Crippen molar-refractivity contribution in [1.82, 2.24) is 14.6 Å². The molecule has 0 aliphatic carbocycles. The highest BCUT2D eigenvalue weighted by atomic mass is 19.1. The van der Waals surface area contributed by atoms with Gasteiger partial charge in [0.15, 0.2) is 0 Å². The molecule has 2 heterocycles. The minimum Gasteiger partial charge on any atom is -0.368 e. The summed E-state index contributed by atoms with van der Waals surface area (Å²) >= 11 is 0. The lowest BCUT2D eigenvalue weighted by Crippen LogP contribution is -2.32. The Balaban J connectivity index is 1.79. The number of aromatic nitrogens is 2. The van der Waals surface area contributed by atoms with Crippen molar-refractivity contribution in [2.24, 2.45) is 11.0 Å². The first-order valence-electron chi connectivity index (χ1n) is 8.38. The molecule has 128 valence electrons. The molecular weight excluding hydrogens is 305 g/mol. The molecule has 1 fully saturated rings. The van der Waals surface area contributed by atoms with Gasteiger partial charge in [0.1, 0.15) is 5.82 Å². The van der Waals surface area contributed by atoms with Crippen LogP contribution in [-0.2, 0) is 6.54 Å². The van der Waals surface area contributed by atoms with Crippen LogP contribution < -0.4 is 5.73 Å². The Morgan fingerprint density at radius 2 is 2.12 bits per heavy atom. The second kappa shape index (κ2) is 7.13. The van der Waals surface area contributed by atoms with E-state index in [0.717, 1.165) is 42.4 Å². The SMILES string of the molecule is Cc1cn(N=Cc2ccc(F)cc2CN2CCC(C)CC2)c(N)n1. The van der Waals surface area contributed by atoms with Crippen LogP contribution in [0.25, 0.3) is 0 Å². The fourth-order valence-corrected chi connectivity index (χ4v) is 3.02. The lowest BCUT2D eigenvalue weighted by atomic mass is 9.98. The third-order valence-electron chi connectivity index (χ3n) is 4.53. The maximum Gasteiger partial charge on any atom is 0.221 e. The summed E-state index contributed by atoms with van der Waals surface area (Å²) in [6, 6.07) is 4.83. The third-order valence-corrected chi connectivity index (χ3v) is 4.53. The number of nitrogens with zero attached hydrogens (tertiary/aromatic N) is 4. The van der Waals surface area contributed by atoms with Gasteiger partial charge in [-0.2, -0.15) is 5.10 Å². The minimum absolute atomic E-state index is 0.217. The number of nitrogen functional groups attached to an aromatic ring is 1. The number of anilines is 1. The number of piperidine rings is 1. The predicted octanol–water partition coefficient (Wildman–Crippen LogP) is 3.03. The Morgan fingerprint density at radius 1 is 1.38 bits per heavy atom. The highest BCUT2D eigenvalue weighted by Crippen LogP contribution is 2.20. The van der Waals surface area contributed by atoms with E-state index in [9.17, 15) is 4.39 Å². The maximum absolute atomic E-state index is 13.7. The summed E-state index contributed by atoms with van der Waals surface area (Å²) in [6.45, 7) is 7.01. The quantitative estimate of drug-likeness (QED) is 0.877. The number of hydrogen-bond acceptors (Lipinski definition) is 4. The Hall–Kier alpha value is -2.21. The second-order valence-corrected chi connectivity index (χ2v) is 6.63. The minimum atomic E-state index is -0.217. The molecule has 3 rings (SSSR count). The van der Waals surface area contributed by atoms with Crippen molar-refractivity contribution >= 4 is 12.2 Å². The van der Waals surface area contributed by atoms with Gasteiger partial charge in [0.2, 0.25) is 5.95 Å². The van der Waals surface area contributed by atoms with E-state index >= 15 is 0 Å². The second-order valence-electron chi connectivity index (χ2n) is 6.63. The monoisotopic (exact) mass is 329 g/mol. The van der Waals surface area contributed by atoms with Gasteiger partial charge in [0.25, 0.3) is 0 Å². The van der Waals surface area contributed by atoms with Crippen molar-refractivity contribution in [1.29, 1.82) is 0 Å². The molecule has 0 amide bonds. The first-order chi connectivity index (χ1) is 11.5. The summed E-state index contributed by atoms with van der Waals surface area (Å²) in [5, 5.41) is 4.36. The van der Waals surface area contributed by atoms with Crippen molar-refractivity contribution in [3.8, 4) is 0 Å². The molecule has 1 saturated heterocycles. The average Bonchev–Trinajstić information content (AvgIpc) is 2.86. The van der Waals surface area contributed by atoms with Crippen molar-refractivity contribution in [2.75, 3.05) is 18.8 Å². The van der Waals surface area contributed by atoms with Crippen molar-refractivity contribution in [3.63, 3.8) is 0 Å². The molecule has 0 unspecified atom stereocenters. The van der Waals surface area contributed by atoms with Gasteiger partial charge in [-0.3, -0.25) is 4.90 Å². The molecule has 0 saturated carbocycles. The molecule has 6 heteroatoms. The lowest BCUT2D eigenvalue weighted by molar-refractivity contribution is 0.185. The fraction of sp³-hybridized carbons (Fsp3) is 0.444. The van der Waals surface area contributed by atoms with Crippen LogP contribution in [0.15, 0.2) is 29.5 Å². The van der Waals surface area contributed by atoms with Crippen LogP contribution in [0, 0.1) is 18.7 Å². The van der Waals surface area contributed by atoms with Crippen LogP contribution in [0.5, 0.6) is 0 Å². The molecule has 1 aliphatic heterocycles. The normalized spacial score (nSPS) is 17.0. The maximum atomic E-state index is 13.7. The Kier molecular flexibility index (Phi) is 4.94. The van der Waals surface area contributed by atoms with Gasteiger partial charge < -0.3 is 5.73 Å². The summed E-state index contributed by atoms with van der Waals surface area (Å²) in [7, 11) is 0. The summed E-state index contributed by atoms with van der Waals surface area (Å²) in [5.74, 6) is 0.908. The zero-order valence-electron chi connectivity index (χ0n) is 14.2. The number of halogens is 1. The van der Waals surface area contributed by atoms with E-state index in [0.29, 0.717) is 5.95 Å². The first kappa shape index (κ1) is 16.6. The third kappa shape index (κ3) is 4.00. The summed E-state index contributed by atoms with van der Waals surface area (Å²) in [4.78, 5) is 6.50. The largest absolute Gasteiger partial charge is 0.368 e. The van der Waals surface area contributed by atoms with E-state index in [1.807, 2.05) is 6.92 Å². The number of benzene rings is 1. The molecule has 0 bridgehead atoms. The summed E-state index contributed by atoms with van der Waals surface area (Å²) in [5.41, 5.74) is 8.46. The molecule has 0 spiro atoms. The highest BCUT2D eigenvalue weighted by molar-refractivity contribution is 5.81. The first-order valence-corrected chi connectivity index (χ1v) is 8.38. The van der Waals surface area contributed by atoms with Gasteiger partial charge in [-0.15, -0.1) is 0 Å². The number of likely N-dealkylation sites (tertiary alicyclic amines) is 1. The topological polar surface area (TPSA) is 59.4 Å². The number of rotatable bonds is 4.